The summed E-state index contributed by atoms with van der Waals surface area (Å²) < 4.78 is 33.1. The van der Waals surface area contributed by atoms with Crippen LogP contribution in [0.5, 0.6) is 5.88 Å². The van der Waals surface area contributed by atoms with Crippen LogP contribution < -0.4 is 15.6 Å². The molecule has 188 valence electrons. The summed E-state index contributed by atoms with van der Waals surface area (Å²) in [6.45, 7) is 2.17. The Balaban J connectivity index is 1.57. The fourth-order valence-corrected chi connectivity index (χ4v) is 5.70. The van der Waals surface area contributed by atoms with E-state index in [1.54, 1.807) is 31.2 Å². The van der Waals surface area contributed by atoms with Crippen LogP contribution in [0.15, 0.2) is 41.3 Å². The summed E-state index contributed by atoms with van der Waals surface area (Å²) in [7, 11) is -0.524. The van der Waals surface area contributed by atoms with E-state index in [9.17, 15) is 18.0 Å². The number of nitrogens with one attached hydrogen (secondary N) is 1. The molecule has 0 saturated heterocycles. The van der Waals surface area contributed by atoms with Crippen molar-refractivity contribution in [3.8, 4) is 11.9 Å². The Bertz CT molecular complexity index is 1520. The van der Waals surface area contributed by atoms with E-state index >= 15 is 0 Å². The van der Waals surface area contributed by atoms with Gasteiger partial charge in [-0.05, 0) is 36.6 Å². The van der Waals surface area contributed by atoms with Crippen LogP contribution in [-0.2, 0) is 23.6 Å². The highest BCUT2D eigenvalue weighted by atomic mass is 32.2. The molecule has 36 heavy (non-hydrogen) atoms. The van der Waals surface area contributed by atoms with E-state index in [4.69, 9.17) is 10.00 Å². The molecule has 1 N–H and O–H groups in total. The molecule has 11 nitrogen and oxygen atoms in total. The lowest BCUT2D eigenvalue weighted by Crippen LogP contribution is -2.41. The Labute approximate surface area is 208 Å². The number of amides is 1. The van der Waals surface area contributed by atoms with Crippen molar-refractivity contribution in [3.63, 3.8) is 0 Å². The van der Waals surface area contributed by atoms with Gasteiger partial charge in [-0.2, -0.15) is 10.4 Å². The number of hydrogen-bond donors (Lipinski definition) is 1. The van der Waals surface area contributed by atoms with Crippen molar-refractivity contribution in [2.45, 2.75) is 31.1 Å². The first-order valence-corrected chi connectivity index (χ1v) is 12.8. The summed E-state index contributed by atoms with van der Waals surface area (Å²) in [6.07, 6.45) is 2.36. The van der Waals surface area contributed by atoms with Crippen LogP contribution in [-0.4, -0.2) is 58.3 Å². The van der Waals surface area contributed by atoms with Gasteiger partial charge in [0.25, 0.3) is 17.3 Å². The van der Waals surface area contributed by atoms with Crippen LogP contribution in [0.1, 0.15) is 41.3 Å². The van der Waals surface area contributed by atoms with E-state index in [2.05, 4.69) is 15.5 Å². The zero-order valence-corrected chi connectivity index (χ0v) is 21.0. The first kappa shape index (κ1) is 25.3. The van der Waals surface area contributed by atoms with Crippen molar-refractivity contribution in [1.82, 2.24) is 24.4 Å². The third kappa shape index (κ3) is 4.55. The average molecular weight is 511 g/mol. The molecule has 0 radical (unpaired) electrons. The quantitative estimate of drug-likeness (QED) is 0.453. The van der Waals surface area contributed by atoms with Crippen molar-refractivity contribution in [1.29, 1.82) is 5.26 Å². The highest BCUT2D eigenvalue weighted by Crippen LogP contribution is 2.45. The largest absolute Gasteiger partial charge is 0.473 e. The van der Waals surface area contributed by atoms with Gasteiger partial charge in [-0.3, -0.25) is 9.59 Å². The number of ether oxygens (including phenoxy) is 1. The molecular weight excluding hydrogens is 484 g/mol. The highest BCUT2D eigenvalue weighted by Gasteiger charge is 2.57. The number of nitriles is 1. The van der Waals surface area contributed by atoms with Crippen LogP contribution in [0.3, 0.4) is 0 Å². The molecule has 1 saturated carbocycles. The maximum atomic E-state index is 13.0. The number of hydrogen-bond acceptors (Lipinski definition) is 8. The molecule has 3 aromatic rings. The van der Waals surface area contributed by atoms with E-state index in [0.29, 0.717) is 35.9 Å². The molecular formula is C24H26N6O5S. The van der Waals surface area contributed by atoms with Crippen molar-refractivity contribution in [3.05, 3.63) is 63.6 Å². The summed E-state index contributed by atoms with van der Waals surface area (Å²) in [5.74, 6) is -0.538. The second kappa shape index (κ2) is 9.67. The lowest BCUT2D eigenvalue weighted by Gasteiger charge is -2.23. The van der Waals surface area contributed by atoms with Gasteiger partial charge in [-0.25, -0.2) is 12.7 Å². The summed E-state index contributed by atoms with van der Waals surface area (Å²) in [6, 6.07) is 10.2. The van der Waals surface area contributed by atoms with Crippen LogP contribution >= 0.6 is 0 Å². The number of fused-ring (bicyclic) bond motifs is 1. The number of sulfonamides is 1. The molecule has 1 aliphatic carbocycles. The van der Waals surface area contributed by atoms with E-state index in [0.717, 1.165) is 5.56 Å². The molecule has 0 bridgehead atoms. The SMILES string of the molecule is CCN(C)S(=O)(=O)C1(COc2nncc3cc(C(=O)NCc4ccc(C#N)cc4)c(=O)n(C)c23)CC1. The second-order valence-electron chi connectivity index (χ2n) is 8.76. The molecule has 0 unspecified atom stereocenters. The minimum absolute atomic E-state index is 0.0252. The van der Waals surface area contributed by atoms with Crippen LogP contribution in [0.4, 0.5) is 0 Å². The van der Waals surface area contributed by atoms with Crippen LogP contribution in [0, 0.1) is 11.3 Å². The third-order valence-corrected chi connectivity index (χ3v) is 9.15. The molecule has 0 aliphatic heterocycles. The Morgan fingerprint density at radius 2 is 2.00 bits per heavy atom. The first-order valence-electron chi connectivity index (χ1n) is 11.3. The molecule has 12 heteroatoms. The number of carbonyl (C=O) groups is 1. The Hall–Kier alpha value is -3.82. The number of aromatic nitrogens is 3. The van der Waals surface area contributed by atoms with Gasteiger partial charge in [0.2, 0.25) is 10.0 Å². The zero-order valence-electron chi connectivity index (χ0n) is 20.2. The molecule has 1 aliphatic rings. The predicted octanol–water partition coefficient (Wildman–Crippen LogP) is 1.32. The second-order valence-corrected chi connectivity index (χ2v) is 11.2. The van der Waals surface area contributed by atoms with Gasteiger partial charge in [0.1, 0.15) is 22.4 Å². The monoisotopic (exact) mass is 510 g/mol. The number of rotatable bonds is 9. The Kier molecular flexibility index (Phi) is 6.79. The standard InChI is InChI=1S/C24H26N6O5S/c1-4-29(2)36(33,34)24(9-10-24)15-35-22-20-18(14-27-28-22)11-19(23(32)30(20)3)21(31)26-13-17-7-5-16(12-25)6-8-17/h5-8,11,14H,4,9-10,13,15H2,1-3H3,(H,26,31). The van der Waals surface area contributed by atoms with Crippen LogP contribution in [0.25, 0.3) is 10.9 Å². The fraction of sp³-hybridized carbons (Fsp3) is 0.375. The first-order chi connectivity index (χ1) is 17.1. The molecule has 1 aromatic carbocycles. The predicted molar refractivity (Wildman–Crippen MR) is 132 cm³/mol. The Morgan fingerprint density at radius 3 is 2.61 bits per heavy atom. The number of carbonyl (C=O) groups excluding carboxylic acids is 1. The zero-order chi connectivity index (χ0) is 26.1. The molecule has 2 heterocycles. The summed E-state index contributed by atoms with van der Waals surface area (Å²) in [5.41, 5.74) is 0.964. The van der Waals surface area contributed by atoms with Crippen molar-refractivity contribution < 1.29 is 17.9 Å². The highest BCUT2D eigenvalue weighted by molar-refractivity contribution is 7.90. The van der Waals surface area contributed by atoms with Crippen LogP contribution in [0.2, 0.25) is 0 Å². The molecule has 2 aromatic heterocycles. The maximum absolute atomic E-state index is 13.0. The average Bonchev–Trinajstić information content (AvgIpc) is 3.69. The lowest BCUT2D eigenvalue weighted by molar-refractivity contribution is 0.0949. The Morgan fingerprint density at radius 1 is 1.31 bits per heavy atom. The fourth-order valence-electron chi connectivity index (χ4n) is 3.87. The van der Waals surface area contributed by atoms with E-state index in [-0.39, 0.29) is 24.6 Å². The van der Waals surface area contributed by atoms with Gasteiger partial charge in [0.15, 0.2) is 0 Å². The maximum Gasteiger partial charge on any atom is 0.263 e. The number of pyridine rings is 1. The van der Waals surface area contributed by atoms with Crippen molar-refractivity contribution in [2.24, 2.45) is 7.05 Å². The summed E-state index contributed by atoms with van der Waals surface area (Å²) in [5, 5.41) is 20.0. The number of aryl methyl sites for hydroxylation is 1. The van der Waals surface area contributed by atoms with Gasteiger partial charge < -0.3 is 14.6 Å². The third-order valence-electron chi connectivity index (χ3n) is 6.45. The normalized spacial score (nSPS) is 14.4. The van der Waals surface area contributed by atoms with Crippen molar-refractivity contribution in [2.75, 3.05) is 20.2 Å². The van der Waals surface area contributed by atoms with E-state index in [1.165, 1.54) is 35.2 Å². The van der Waals surface area contributed by atoms with Crippen molar-refractivity contribution >= 4 is 26.8 Å². The molecule has 0 spiro atoms. The topological polar surface area (TPSA) is 147 Å². The van der Waals surface area contributed by atoms with Gasteiger partial charge in [-0.1, -0.05) is 19.1 Å². The minimum Gasteiger partial charge on any atom is -0.473 e. The van der Waals surface area contributed by atoms with Gasteiger partial charge in [0.05, 0.1) is 17.8 Å². The molecule has 4 rings (SSSR count). The molecule has 1 fully saturated rings. The number of nitrogens with zero attached hydrogens (tertiary/aromatic N) is 5. The molecule has 1 amide bonds. The van der Waals surface area contributed by atoms with Gasteiger partial charge >= 0.3 is 0 Å². The van der Waals surface area contributed by atoms with E-state index < -0.39 is 26.2 Å². The molecule has 0 atom stereocenters. The summed E-state index contributed by atoms with van der Waals surface area (Å²) >= 11 is 0. The van der Waals surface area contributed by atoms with Gasteiger partial charge in [-0.15, -0.1) is 5.10 Å². The van der Waals surface area contributed by atoms with Gasteiger partial charge in [0, 0.05) is 32.6 Å². The van der Waals surface area contributed by atoms with E-state index in [1.807, 2.05) is 6.07 Å². The minimum atomic E-state index is -3.55. The lowest BCUT2D eigenvalue weighted by atomic mass is 10.1. The summed E-state index contributed by atoms with van der Waals surface area (Å²) in [4.78, 5) is 25.8. The number of benzene rings is 1. The smallest absolute Gasteiger partial charge is 0.263 e.